The molecule has 0 saturated heterocycles. The van der Waals surface area contributed by atoms with Crippen LogP contribution in [-0.4, -0.2) is 29.9 Å². The highest BCUT2D eigenvalue weighted by atomic mass is 32.1. The highest BCUT2D eigenvalue weighted by Crippen LogP contribution is 2.35. The number of anilines is 2. The summed E-state index contributed by atoms with van der Waals surface area (Å²) in [5, 5.41) is 5.16. The summed E-state index contributed by atoms with van der Waals surface area (Å²) < 4.78 is 1.64. The standard InChI is InChI=1S/C25H25N5OS/c1-16-7-11-19(12-8-16)30-24(31)22-20-5-4-6-21(20)32-23(22)27-25(30)28-26-15-17-9-13-18(14-10-17)29(2)3/h7-15H,4-6H2,1-3H3,(H,27,28)/b26-15+. The average Bonchev–Trinajstić information content (AvgIpc) is 3.36. The van der Waals surface area contributed by atoms with Gasteiger partial charge in [0.2, 0.25) is 5.95 Å². The molecule has 7 heteroatoms. The van der Waals surface area contributed by atoms with Gasteiger partial charge in [-0.3, -0.25) is 4.79 Å². The van der Waals surface area contributed by atoms with Gasteiger partial charge in [-0.2, -0.15) is 5.10 Å². The van der Waals surface area contributed by atoms with Crippen molar-refractivity contribution in [2.75, 3.05) is 24.4 Å². The minimum Gasteiger partial charge on any atom is -0.378 e. The summed E-state index contributed by atoms with van der Waals surface area (Å²) in [7, 11) is 4.02. The summed E-state index contributed by atoms with van der Waals surface area (Å²) >= 11 is 1.63. The molecule has 0 amide bonds. The topological polar surface area (TPSA) is 62.5 Å². The third-order valence-electron chi connectivity index (χ3n) is 5.82. The average molecular weight is 444 g/mol. The number of nitrogens with one attached hydrogen (secondary N) is 1. The molecule has 2 heterocycles. The van der Waals surface area contributed by atoms with Crippen LogP contribution in [0.25, 0.3) is 15.9 Å². The molecule has 4 aromatic rings. The van der Waals surface area contributed by atoms with Gasteiger partial charge >= 0.3 is 0 Å². The van der Waals surface area contributed by atoms with Crippen molar-refractivity contribution in [3.8, 4) is 5.69 Å². The van der Waals surface area contributed by atoms with Crippen molar-refractivity contribution in [2.45, 2.75) is 26.2 Å². The maximum absolute atomic E-state index is 13.6. The fourth-order valence-electron chi connectivity index (χ4n) is 4.07. The van der Waals surface area contributed by atoms with Crippen LogP contribution < -0.4 is 15.9 Å². The van der Waals surface area contributed by atoms with Crippen molar-refractivity contribution >= 4 is 39.4 Å². The van der Waals surface area contributed by atoms with Crippen molar-refractivity contribution in [3.05, 3.63) is 80.5 Å². The van der Waals surface area contributed by atoms with E-state index in [2.05, 4.69) is 15.4 Å². The van der Waals surface area contributed by atoms with E-state index in [1.165, 1.54) is 10.4 Å². The van der Waals surface area contributed by atoms with Crippen molar-refractivity contribution in [1.82, 2.24) is 9.55 Å². The van der Waals surface area contributed by atoms with E-state index >= 15 is 0 Å². The number of rotatable bonds is 5. The van der Waals surface area contributed by atoms with E-state index in [-0.39, 0.29) is 5.56 Å². The lowest BCUT2D eigenvalue weighted by Crippen LogP contribution is -2.22. The maximum Gasteiger partial charge on any atom is 0.268 e. The molecule has 0 aliphatic heterocycles. The third-order valence-corrected chi connectivity index (χ3v) is 7.00. The summed E-state index contributed by atoms with van der Waals surface area (Å²) in [6.07, 6.45) is 4.83. The van der Waals surface area contributed by atoms with Crippen LogP contribution in [0.15, 0.2) is 58.4 Å². The summed E-state index contributed by atoms with van der Waals surface area (Å²) in [5.41, 5.74) is 8.18. The van der Waals surface area contributed by atoms with Gasteiger partial charge in [0.05, 0.1) is 17.3 Å². The number of hydrogen-bond acceptors (Lipinski definition) is 6. The molecular weight excluding hydrogens is 418 g/mol. The van der Waals surface area contributed by atoms with E-state index in [9.17, 15) is 4.79 Å². The van der Waals surface area contributed by atoms with E-state index in [0.29, 0.717) is 5.95 Å². The molecule has 0 bridgehead atoms. The zero-order valence-electron chi connectivity index (χ0n) is 18.4. The molecule has 162 valence electrons. The summed E-state index contributed by atoms with van der Waals surface area (Å²) in [5.74, 6) is 0.424. The monoisotopic (exact) mass is 443 g/mol. The van der Waals surface area contributed by atoms with Crippen molar-refractivity contribution in [2.24, 2.45) is 5.10 Å². The number of hydrogen-bond donors (Lipinski definition) is 1. The van der Waals surface area contributed by atoms with E-state index in [4.69, 9.17) is 4.98 Å². The van der Waals surface area contributed by atoms with Gasteiger partial charge in [0, 0.05) is 24.7 Å². The lowest BCUT2D eigenvalue weighted by atomic mass is 10.2. The second kappa shape index (κ2) is 8.24. The lowest BCUT2D eigenvalue weighted by Gasteiger charge is -2.13. The molecule has 32 heavy (non-hydrogen) atoms. The number of hydrazone groups is 1. The molecule has 0 radical (unpaired) electrons. The van der Waals surface area contributed by atoms with E-state index in [0.717, 1.165) is 52.0 Å². The number of thiophene rings is 1. The van der Waals surface area contributed by atoms with Crippen molar-refractivity contribution < 1.29 is 0 Å². The largest absolute Gasteiger partial charge is 0.378 e. The number of aryl methyl sites for hydroxylation is 3. The Morgan fingerprint density at radius 1 is 1.09 bits per heavy atom. The maximum atomic E-state index is 13.6. The quantitative estimate of drug-likeness (QED) is 0.357. The highest BCUT2D eigenvalue weighted by Gasteiger charge is 2.23. The molecule has 2 aromatic carbocycles. The Morgan fingerprint density at radius 2 is 1.84 bits per heavy atom. The SMILES string of the molecule is Cc1ccc(-n2c(N/N=C/c3ccc(N(C)C)cc3)nc3sc4c(c3c2=O)CCC4)cc1. The van der Waals surface area contributed by atoms with Crippen LogP contribution in [0.4, 0.5) is 11.6 Å². The second-order valence-electron chi connectivity index (χ2n) is 8.30. The van der Waals surface area contributed by atoms with Gasteiger partial charge in [0.25, 0.3) is 5.56 Å². The minimum atomic E-state index is -0.0358. The van der Waals surface area contributed by atoms with Crippen LogP contribution >= 0.6 is 11.3 Å². The fraction of sp³-hybridized carbons (Fsp3) is 0.240. The minimum absolute atomic E-state index is 0.0358. The zero-order chi connectivity index (χ0) is 22.2. The van der Waals surface area contributed by atoms with Crippen LogP contribution in [0.3, 0.4) is 0 Å². The second-order valence-corrected chi connectivity index (χ2v) is 9.39. The Kier molecular flexibility index (Phi) is 5.27. The normalized spacial score (nSPS) is 13.1. The van der Waals surface area contributed by atoms with Gasteiger partial charge in [-0.25, -0.2) is 15.0 Å². The van der Waals surface area contributed by atoms with E-state index in [1.54, 1.807) is 22.1 Å². The van der Waals surface area contributed by atoms with Gasteiger partial charge in [0.15, 0.2) is 0 Å². The highest BCUT2D eigenvalue weighted by molar-refractivity contribution is 7.18. The van der Waals surface area contributed by atoms with Gasteiger partial charge in [-0.15, -0.1) is 11.3 Å². The molecule has 2 aromatic heterocycles. The van der Waals surface area contributed by atoms with E-state index < -0.39 is 0 Å². The molecule has 1 N–H and O–H groups in total. The lowest BCUT2D eigenvalue weighted by molar-refractivity contribution is 0.913. The molecule has 0 spiro atoms. The van der Waals surface area contributed by atoms with Crippen molar-refractivity contribution in [1.29, 1.82) is 0 Å². The molecule has 5 rings (SSSR count). The van der Waals surface area contributed by atoms with Crippen LogP contribution in [0, 0.1) is 6.92 Å². The molecule has 1 aliphatic rings. The number of fused-ring (bicyclic) bond motifs is 3. The number of nitrogens with zero attached hydrogens (tertiary/aromatic N) is 4. The molecule has 1 aliphatic carbocycles. The smallest absolute Gasteiger partial charge is 0.268 e. The Bertz CT molecular complexity index is 1360. The fourth-order valence-corrected chi connectivity index (χ4v) is 5.33. The first-order valence-electron chi connectivity index (χ1n) is 10.7. The number of benzene rings is 2. The predicted octanol–water partition coefficient (Wildman–Crippen LogP) is 4.76. The molecule has 0 saturated carbocycles. The molecule has 0 unspecified atom stereocenters. The zero-order valence-corrected chi connectivity index (χ0v) is 19.2. The van der Waals surface area contributed by atoms with Crippen LogP contribution in [-0.2, 0) is 12.8 Å². The first kappa shape index (κ1) is 20.5. The summed E-state index contributed by atoms with van der Waals surface area (Å²) in [6.45, 7) is 2.03. The Labute approximate surface area is 190 Å². The van der Waals surface area contributed by atoms with Crippen molar-refractivity contribution in [3.63, 3.8) is 0 Å². The van der Waals surface area contributed by atoms with Crippen LogP contribution in [0.5, 0.6) is 0 Å². The Balaban J connectivity index is 1.56. The summed E-state index contributed by atoms with van der Waals surface area (Å²) in [6, 6.07) is 16.0. The van der Waals surface area contributed by atoms with Crippen LogP contribution in [0.2, 0.25) is 0 Å². The van der Waals surface area contributed by atoms with E-state index in [1.807, 2.05) is 69.6 Å². The van der Waals surface area contributed by atoms with Gasteiger partial charge in [-0.1, -0.05) is 29.8 Å². The van der Waals surface area contributed by atoms with Gasteiger partial charge in [0.1, 0.15) is 4.83 Å². The predicted molar refractivity (Wildman–Crippen MR) is 134 cm³/mol. The summed E-state index contributed by atoms with van der Waals surface area (Å²) in [4.78, 5) is 22.6. The first-order valence-corrected chi connectivity index (χ1v) is 11.5. The molecule has 0 atom stereocenters. The molecule has 0 fully saturated rings. The van der Waals surface area contributed by atoms with Gasteiger partial charge < -0.3 is 4.90 Å². The molecular formula is C25H25N5OS. The Morgan fingerprint density at radius 3 is 2.56 bits per heavy atom. The van der Waals surface area contributed by atoms with Crippen LogP contribution in [0.1, 0.15) is 28.0 Å². The third kappa shape index (κ3) is 3.69. The molecule has 6 nitrogen and oxygen atoms in total. The first-order chi connectivity index (χ1) is 15.5. The Hall–Kier alpha value is -3.45. The number of aromatic nitrogens is 2. The van der Waals surface area contributed by atoms with Gasteiger partial charge in [-0.05, 0) is 61.6 Å².